The van der Waals surface area contributed by atoms with Gasteiger partial charge < -0.3 is 14.2 Å². The highest BCUT2D eigenvalue weighted by molar-refractivity contribution is 7.89. The number of ether oxygens (including phenoxy) is 3. The lowest BCUT2D eigenvalue weighted by atomic mass is 10.2. The zero-order chi connectivity index (χ0) is 17.1. The van der Waals surface area contributed by atoms with Crippen LogP contribution in [0.15, 0.2) is 6.20 Å². The molecule has 2 rings (SSSR count). The molecular weight excluding hydrogens is 324 g/mol. The highest BCUT2D eigenvalue weighted by Crippen LogP contribution is 2.21. The van der Waals surface area contributed by atoms with Crippen LogP contribution in [-0.4, -0.2) is 68.3 Å². The topological polar surface area (TPSA) is 105 Å². The third-order valence-corrected chi connectivity index (χ3v) is 5.42. The SMILES string of the molecule is CO[C@@H]1COC[C@H]1n1cc(CNS(=O)(=O)CC(C)(C)OC)nn1. The van der Waals surface area contributed by atoms with Crippen LogP contribution < -0.4 is 4.72 Å². The predicted molar refractivity (Wildman–Crippen MR) is 82.4 cm³/mol. The van der Waals surface area contributed by atoms with Crippen molar-refractivity contribution in [2.24, 2.45) is 0 Å². The normalized spacial score (nSPS) is 22.6. The summed E-state index contributed by atoms with van der Waals surface area (Å²) in [6.07, 6.45) is 1.62. The number of hydrogen-bond acceptors (Lipinski definition) is 7. The van der Waals surface area contributed by atoms with E-state index in [0.717, 1.165) is 0 Å². The fourth-order valence-corrected chi connectivity index (χ4v) is 3.81. The van der Waals surface area contributed by atoms with Gasteiger partial charge in [0.15, 0.2) is 0 Å². The highest BCUT2D eigenvalue weighted by atomic mass is 32.2. The Morgan fingerprint density at radius 2 is 2.17 bits per heavy atom. The molecule has 0 aliphatic carbocycles. The molecule has 1 saturated heterocycles. The van der Waals surface area contributed by atoms with Gasteiger partial charge in [0.05, 0.1) is 43.0 Å². The molecule has 0 amide bonds. The first-order chi connectivity index (χ1) is 10.8. The molecule has 0 radical (unpaired) electrons. The minimum absolute atomic E-state index is 0.0507. The van der Waals surface area contributed by atoms with Crippen molar-refractivity contribution in [2.45, 2.75) is 38.1 Å². The van der Waals surface area contributed by atoms with Crippen molar-refractivity contribution in [1.29, 1.82) is 0 Å². The predicted octanol–water partition coefficient (Wildman–Crippen LogP) is -0.291. The van der Waals surface area contributed by atoms with E-state index in [-0.39, 0.29) is 24.4 Å². The molecule has 0 bridgehead atoms. The third-order valence-electron chi connectivity index (χ3n) is 3.76. The van der Waals surface area contributed by atoms with E-state index in [1.807, 2.05) is 0 Å². The Kier molecular flexibility index (Phi) is 5.74. The van der Waals surface area contributed by atoms with Crippen LogP contribution in [-0.2, 0) is 30.8 Å². The van der Waals surface area contributed by atoms with Crippen LogP contribution in [0.1, 0.15) is 25.6 Å². The van der Waals surface area contributed by atoms with Gasteiger partial charge in [-0.25, -0.2) is 17.8 Å². The minimum Gasteiger partial charge on any atom is -0.378 e. The summed E-state index contributed by atoms with van der Waals surface area (Å²) in [4.78, 5) is 0. The van der Waals surface area contributed by atoms with Crippen molar-refractivity contribution in [3.8, 4) is 0 Å². The summed E-state index contributed by atoms with van der Waals surface area (Å²) in [6, 6.07) is -0.0507. The molecule has 9 nitrogen and oxygen atoms in total. The lowest BCUT2D eigenvalue weighted by Gasteiger charge is -2.22. The fraction of sp³-hybridized carbons (Fsp3) is 0.846. The van der Waals surface area contributed by atoms with Gasteiger partial charge in [0.25, 0.3) is 0 Å². The molecule has 2 atom stereocenters. The Labute approximate surface area is 136 Å². The Hall–Kier alpha value is -1.07. The van der Waals surface area contributed by atoms with Crippen LogP contribution in [0.5, 0.6) is 0 Å². The molecule has 1 aliphatic heterocycles. The van der Waals surface area contributed by atoms with Gasteiger partial charge >= 0.3 is 0 Å². The summed E-state index contributed by atoms with van der Waals surface area (Å²) in [5.41, 5.74) is -0.221. The summed E-state index contributed by atoms with van der Waals surface area (Å²) in [5, 5.41) is 8.03. The van der Waals surface area contributed by atoms with E-state index < -0.39 is 15.6 Å². The molecule has 1 aromatic rings. The van der Waals surface area contributed by atoms with E-state index >= 15 is 0 Å². The maximum Gasteiger partial charge on any atom is 0.214 e. The van der Waals surface area contributed by atoms with Gasteiger partial charge in [-0.15, -0.1) is 5.10 Å². The van der Waals surface area contributed by atoms with Gasteiger partial charge in [0, 0.05) is 14.2 Å². The van der Waals surface area contributed by atoms with Gasteiger partial charge in [-0.3, -0.25) is 0 Å². The van der Waals surface area contributed by atoms with E-state index in [4.69, 9.17) is 14.2 Å². The van der Waals surface area contributed by atoms with Crippen LogP contribution in [0.4, 0.5) is 0 Å². The summed E-state index contributed by atoms with van der Waals surface area (Å²) in [5.74, 6) is -0.132. The first kappa shape index (κ1) is 18.3. The average molecular weight is 348 g/mol. The van der Waals surface area contributed by atoms with Gasteiger partial charge in [-0.1, -0.05) is 5.21 Å². The van der Waals surface area contributed by atoms with Crippen molar-refractivity contribution < 1.29 is 22.6 Å². The summed E-state index contributed by atoms with van der Waals surface area (Å²) < 4.78 is 44.1. The minimum atomic E-state index is -3.48. The van der Waals surface area contributed by atoms with E-state index in [1.165, 1.54) is 7.11 Å². The molecule has 2 heterocycles. The lowest BCUT2D eigenvalue weighted by Crippen LogP contribution is -2.38. The molecule has 1 aliphatic rings. The number of nitrogens with one attached hydrogen (secondary N) is 1. The number of aromatic nitrogens is 3. The third kappa shape index (κ3) is 4.95. The zero-order valence-corrected chi connectivity index (χ0v) is 14.7. The number of hydrogen-bond donors (Lipinski definition) is 1. The Balaban J connectivity index is 1.95. The van der Waals surface area contributed by atoms with E-state index in [9.17, 15) is 8.42 Å². The number of sulfonamides is 1. The van der Waals surface area contributed by atoms with E-state index in [0.29, 0.717) is 18.9 Å². The summed E-state index contributed by atoms with van der Waals surface area (Å²) in [7, 11) is -0.372. The number of methoxy groups -OCH3 is 2. The molecule has 1 fully saturated rings. The second-order valence-electron chi connectivity index (χ2n) is 6.11. The van der Waals surface area contributed by atoms with Crippen molar-refractivity contribution in [3.63, 3.8) is 0 Å². The molecular formula is C13H24N4O5S. The molecule has 132 valence electrons. The van der Waals surface area contributed by atoms with Gasteiger partial charge in [-0.05, 0) is 13.8 Å². The lowest BCUT2D eigenvalue weighted by molar-refractivity contribution is 0.0424. The van der Waals surface area contributed by atoms with Crippen LogP contribution in [0.2, 0.25) is 0 Å². The monoisotopic (exact) mass is 348 g/mol. The van der Waals surface area contributed by atoms with Crippen molar-refractivity contribution >= 4 is 10.0 Å². The van der Waals surface area contributed by atoms with E-state index in [1.54, 1.807) is 31.8 Å². The Morgan fingerprint density at radius 3 is 2.83 bits per heavy atom. The smallest absolute Gasteiger partial charge is 0.214 e. The first-order valence-electron chi connectivity index (χ1n) is 7.30. The highest BCUT2D eigenvalue weighted by Gasteiger charge is 2.31. The summed E-state index contributed by atoms with van der Waals surface area (Å²) in [6.45, 7) is 4.51. The first-order valence-corrected chi connectivity index (χ1v) is 8.95. The molecule has 1 N–H and O–H groups in total. The molecule has 23 heavy (non-hydrogen) atoms. The van der Waals surface area contributed by atoms with Crippen LogP contribution in [0.25, 0.3) is 0 Å². The van der Waals surface area contributed by atoms with Crippen LogP contribution in [0, 0.1) is 0 Å². The number of nitrogens with zero attached hydrogens (tertiary/aromatic N) is 3. The fourth-order valence-electron chi connectivity index (χ4n) is 2.30. The quantitative estimate of drug-likeness (QED) is 0.688. The molecule has 0 spiro atoms. The molecule has 0 aromatic carbocycles. The zero-order valence-electron chi connectivity index (χ0n) is 13.9. The maximum atomic E-state index is 12.1. The molecule has 10 heteroatoms. The van der Waals surface area contributed by atoms with Gasteiger partial charge in [0.1, 0.15) is 12.1 Å². The summed E-state index contributed by atoms with van der Waals surface area (Å²) >= 11 is 0. The average Bonchev–Trinajstić information content (AvgIpc) is 3.12. The van der Waals surface area contributed by atoms with Crippen molar-refractivity contribution in [3.05, 3.63) is 11.9 Å². The van der Waals surface area contributed by atoms with Crippen LogP contribution >= 0.6 is 0 Å². The molecule has 0 saturated carbocycles. The largest absolute Gasteiger partial charge is 0.378 e. The van der Waals surface area contributed by atoms with Gasteiger partial charge in [0.2, 0.25) is 10.0 Å². The standard InChI is InChI=1S/C13H24N4O5S/c1-13(2,21-4)9-23(18,19)14-5-10-6-17(16-15-10)11-7-22-8-12(11)20-3/h6,11-12,14H,5,7-9H2,1-4H3/t11-,12-/m1/s1. The van der Waals surface area contributed by atoms with Crippen molar-refractivity contribution in [2.75, 3.05) is 33.2 Å². The number of rotatable bonds is 8. The van der Waals surface area contributed by atoms with Gasteiger partial charge in [-0.2, -0.15) is 0 Å². The van der Waals surface area contributed by atoms with E-state index in [2.05, 4.69) is 15.0 Å². The Bertz CT molecular complexity index is 616. The molecule has 1 aromatic heterocycles. The van der Waals surface area contributed by atoms with Crippen molar-refractivity contribution in [1.82, 2.24) is 19.7 Å². The molecule has 0 unspecified atom stereocenters. The second-order valence-corrected chi connectivity index (χ2v) is 7.92. The second kappa shape index (κ2) is 7.22. The Morgan fingerprint density at radius 1 is 1.43 bits per heavy atom. The van der Waals surface area contributed by atoms with Crippen LogP contribution in [0.3, 0.4) is 0 Å². The maximum absolute atomic E-state index is 12.1.